The van der Waals surface area contributed by atoms with Crippen LogP contribution in [0.15, 0.2) is 24.3 Å². The van der Waals surface area contributed by atoms with Gasteiger partial charge in [-0.1, -0.05) is 17.7 Å². The van der Waals surface area contributed by atoms with E-state index in [9.17, 15) is 13.2 Å². The number of aryl methyl sites for hydroxylation is 2. The van der Waals surface area contributed by atoms with E-state index >= 15 is 0 Å². The van der Waals surface area contributed by atoms with Crippen molar-refractivity contribution in [2.24, 2.45) is 7.05 Å². The summed E-state index contributed by atoms with van der Waals surface area (Å²) in [7, 11) is 1.56. The van der Waals surface area contributed by atoms with Gasteiger partial charge in [-0.2, -0.15) is 18.3 Å². The van der Waals surface area contributed by atoms with Crippen LogP contribution < -0.4 is 4.74 Å². The second-order valence-electron chi connectivity index (χ2n) is 4.43. The first kappa shape index (κ1) is 15.6. The van der Waals surface area contributed by atoms with Crippen molar-refractivity contribution >= 4 is 11.6 Å². The summed E-state index contributed by atoms with van der Waals surface area (Å²) >= 11 is 5.82. The number of hydrogen-bond acceptors (Lipinski definition) is 3. The maximum atomic E-state index is 12.2. The summed E-state index contributed by atoms with van der Waals surface area (Å²) in [6, 6.07) is 6.80. The van der Waals surface area contributed by atoms with Gasteiger partial charge in [-0.05, 0) is 18.2 Å². The fraction of sp³-hybridized carbons (Fsp3) is 0.385. The Balaban J connectivity index is 1.95. The number of aromatic nitrogens is 3. The van der Waals surface area contributed by atoms with Crippen LogP contribution in [-0.4, -0.2) is 20.9 Å². The van der Waals surface area contributed by atoms with E-state index in [1.165, 1.54) is 4.68 Å². The first-order valence-corrected chi connectivity index (χ1v) is 6.55. The maximum absolute atomic E-state index is 12.2. The number of ether oxygens (including phenoxy) is 1. The van der Waals surface area contributed by atoms with E-state index < -0.39 is 12.6 Å². The Bertz CT molecular complexity index is 613. The minimum atomic E-state index is -4.20. The summed E-state index contributed by atoms with van der Waals surface area (Å²) in [5, 5.41) is 4.56. The van der Waals surface area contributed by atoms with Crippen LogP contribution in [0.1, 0.15) is 18.1 Å². The molecule has 0 radical (unpaired) electrons. The Labute approximate surface area is 124 Å². The van der Waals surface area contributed by atoms with E-state index in [-0.39, 0.29) is 18.9 Å². The van der Waals surface area contributed by atoms with Crippen LogP contribution in [0, 0.1) is 0 Å². The van der Waals surface area contributed by atoms with Gasteiger partial charge in [0.2, 0.25) is 0 Å². The number of benzene rings is 1. The van der Waals surface area contributed by atoms with E-state index in [4.69, 9.17) is 16.3 Å². The average Bonchev–Trinajstić information content (AvgIpc) is 2.74. The number of hydrogen-bond donors (Lipinski definition) is 0. The van der Waals surface area contributed by atoms with Gasteiger partial charge in [0.15, 0.2) is 5.82 Å². The Kier molecular flexibility index (Phi) is 4.72. The number of halogens is 4. The average molecular weight is 320 g/mol. The van der Waals surface area contributed by atoms with Crippen molar-refractivity contribution in [2.75, 3.05) is 0 Å². The Morgan fingerprint density at radius 2 is 2.10 bits per heavy atom. The quantitative estimate of drug-likeness (QED) is 0.846. The van der Waals surface area contributed by atoms with Gasteiger partial charge in [-0.3, -0.25) is 4.68 Å². The third kappa shape index (κ3) is 4.93. The molecule has 0 fully saturated rings. The van der Waals surface area contributed by atoms with Gasteiger partial charge in [-0.25, -0.2) is 4.98 Å². The zero-order valence-corrected chi connectivity index (χ0v) is 11.9. The van der Waals surface area contributed by atoms with E-state index in [0.717, 1.165) is 0 Å². The lowest BCUT2D eigenvalue weighted by Crippen LogP contribution is -2.11. The van der Waals surface area contributed by atoms with Gasteiger partial charge in [0.1, 0.15) is 18.2 Å². The summed E-state index contributed by atoms with van der Waals surface area (Å²) in [4.78, 5) is 4.04. The highest BCUT2D eigenvalue weighted by Crippen LogP contribution is 2.22. The van der Waals surface area contributed by atoms with Gasteiger partial charge in [0, 0.05) is 18.5 Å². The lowest BCUT2D eigenvalue weighted by molar-refractivity contribution is -0.134. The number of rotatable bonds is 5. The second-order valence-corrected chi connectivity index (χ2v) is 4.87. The number of nitrogens with zero attached hydrogens (tertiary/aromatic N) is 3. The van der Waals surface area contributed by atoms with Crippen LogP contribution >= 0.6 is 11.6 Å². The fourth-order valence-electron chi connectivity index (χ4n) is 1.71. The predicted octanol–water partition coefficient (Wildman–Crippen LogP) is 3.54. The first-order chi connectivity index (χ1) is 9.83. The van der Waals surface area contributed by atoms with Crippen molar-refractivity contribution in [3.05, 3.63) is 40.9 Å². The molecule has 0 aliphatic carbocycles. The predicted molar refractivity (Wildman–Crippen MR) is 71.2 cm³/mol. The normalized spacial score (nSPS) is 11.7. The van der Waals surface area contributed by atoms with Crippen molar-refractivity contribution in [3.63, 3.8) is 0 Å². The molecule has 21 heavy (non-hydrogen) atoms. The minimum Gasteiger partial charge on any atom is -0.485 e. The van der Waals surface area contributed by atoms with Crippen molar-refractivity contribution in [3.8, 4) is 5.75 Å². The molecule has 0 N–H and O–H groups in total. The van der Waals surface area contributed by atoms with E-state index in [2.05, 4.69) is 10.1 Å². The van der Waals surface area contributed by atoms with Crippen LogP contribution in [0.5, 0.6) is 5.75 Å². The molecule has 0 aliphatic rings. The summed E-state index contributed by atoms with van der Waals surface area (Å²) in [6.07, 6.45) is -5.33. The molecule has 4 nitrogen and oxygen atoms in total. The monoisotopic (exact) mass is 319 g/mol. The topological polar surface area (TPSA) is 39.9 Å². The molecular weight excluding hydrogens is 307 g/mol. The van der Waals surface area contributed by atoms with E-state index in [1.54, 1.807) is 31.3 Å². The Hall–Kier alpha value is -1.76. The highest BCUT2D eigenvalue weighted by atomic mass is 35.5. The second kappa shape index (κ2) is 6.34. The number of alkyl halides is 3. The maximum Gasteiger partial charge on any atom is 0.389 e. The minimum absolute atomic E-state index is 0.0696. The molecule has 0 aliphatic heterocycles. The van der Waals surface area contributed by atoms with Crippen molar-refractivity contribution in [1.29, 1.82) is 0 Å². The Morgan fingerprint density at radius 1 is 1.33 bits per heavy atom. The highest BCUT2D eigenvalue weighted by molar-refractivity contribution is 6.30. The molecule has 1 aromatic heterocycles. The molecular formula is C13H13ClF3N3O. The molecule has 8 heteroatoms. The third-order valence-corrected chi connectivity index (χ3v) is 2.93. The lowest BCUT2D eigenvalue weighted by atomic mass is 10.3. The Morgan fingerprint density at radius 3 is 2.76 bits per heavy atom. The SMILES string of the molecule is Cn1nc(COc2cccc(Cl)c2)nc1CCC(F)(F)F. The summed E-state index contributed by atoms with van der Waals surface area (Å²) < 4.78 is 43.4. The van der Waals surface area contributed by atoms with Gasteiger partial charge < -0.3 is 4.74 Å². The van der Waals surface area contributed by atoms with Crippen LogP contribution in [0.2, 0.25) is 5.02 Å². The fourth-order valence-corrected chi connectivity index (χ4v) is 1.89. The zero-order valence-electron chi connectivity index (χ0n) is 11.2. The first-order valence-electron chi connectivity index (χ1n) is 6.17. The van der Waals surface area contributed by atoms with Gasteiger partial charge in [0.25, 0.3) is 0 Å². The summed E-state index contributed by atoms with van der Waals surface area (Å²) in [5.41, 5.74) is 0. The molecule has 114 valence electrons. The molecule has 0 saturated heterocycles. The summed E-state index contributed by atoms with van der Waals surface area (Å²) in [5.74, 6) is 1.15. The van der Waals surface area contributed by atoms with Crippen LogP contribution in [0.4, 0.5) is 13.2 Å². The van der Waals surface area contributed by atoms with Gasteiger partial charge in [-0.15, -0.1) is 0 Å². The molecule has 0 bridgehead atoms. The van der Waals surface area contributed by atoms with Crippen molar-refractivity contribution in [2.45, 2.75) is 25.6 Å². The third-order valence-electron chi connectivity index (χ3n) is 2.69. The smallest absolute Gasteiger partial charge is 0.389 e. The van der Waals surface area contributed by atoms with Crippen LogP contribution in [-0.2, 0) is 20.1 Å². The molecule has 0 amide bonds. The zero-order chi connectivity index (χ0) is 15.5. The van der Waals surface area contributed by atoms with E-state index in [0.29, 0.717) is 16.6 Å². The standard InChI is InChI=1S/C13H13ClF3N3O/c1-20-12(5-6-13(15,16)17)18-11(19-20)8-21-10-4-2-3-9(14)7-10/h2-4,7H,5-6,8H2,1H3. The summed E-state index contributed by atoms with van der Waals surface area (Å²) in [6.45, 7) is 0.0696. The van der Waals surface area contributed by atoms with Crippen LogP contribution in [0.25, 0.3) is 0 Å². The molecule has 0 atom stereocenters. The molecule has 1 aromatic carbocycles. The molecule has 1 heterocycles. The van der Waals surface area contributed by atoms with Crippen molar-refractivity contribution in [1.82, 2.24) is 14.8 Å². The molecule has 0 unspecified atom stereocenters. The van der Waals surface area contributed by atoms with Crippen molar-refractivity contribution < 1.29 is 17.9 Å². The molecule has 2 aromatic rings. The molecule has 0 spiro atoms. The van der Waals surface area contributed by atoms with Gasteiger partial charge in [0.05, 0.1) is 6.42 Å². The molecule has 0 saturated carbocycles. The van der Waals surface area contributed by atoms with E-state index in [1.807, 2.05) is 0 Å². The van der Waals surface area contributed by atoms with Gasteiger partial charge >= 0.3 is 6.18 Å². The van der Waals surface area contributed by atoms with Crippen LogP contribution in [0.3, 0.4) is 0 Å². The largest absolute Gasteiger partial charge is 0.485 e. The molecule has 2 rings (SSSR count). The highest BCUT2D eigenvalue weighted by Gasteiger charge is 2.27. The lowest BCUT2D eigenvalue weighted by Gasteiger charge is -2.04.